The third kappa shape index (κ3) is 4.43. The number of hydrogen-bond donors (Lipinski definition) is 3. The molecule has 25 heavy (non-hydrogen) atoms. The number of carbonyl (C=O) groups is 3. The molecule has 0 fully saturated rings. The molecule has 0 saturated carbocycles. The number of carbonyl (C=O) groups excluding carboxylic acids is 2. The fourth-order valence-corrected chi connectivity index (χ4v) is 3.21. The number of esters is 1. The average molecular weight is 349 g/mol. The van der Waals surface area contributed by atoms with Crippen LogP contribution >= 0.6 is 0 Å². The van der Waals surface area contributed by atoms with Crippen LogP contribution in [0.2, 0.25) is 0 Å². The fourth-order valence-electron chi connectivity index (χ4n) is 3.21. The molecule has 2 rings (SSSR count). The minimum Gasteiger partial charge on any atom is -0.481 e. The van der Waals surface area contributed by atoms with Gasteiger partial charge in [0.25, 0.3) is 0 Å². The lowest BCUT2D eigenvalue weighted by Gasteiger charge is -2.16. The molecule has 7 heteroatoms. The Morgan fingerprint density at radius 3 is 2.72 bits per heavy atom. The Labute approximate surface area is 145 Å². The van der Waals surface area contributed by atoms with Gasteiger partial charge in [-0.15, -0.1) is 0 Å². The van der Waals surface area contributed by atoms with Gasteiger partial charge in [0, 0.05) is 24.8 Å². The topological polar surface area (TPSA) is 127 Å². The molecule has 4 N–H and O–H groups in total. The Kier molecular flexibility index (Phi) is 6.27. The molecule has 1 atom stereocenters. The van der Waals surface area contributed by atoms with E-state index in [1.165, 1.54) is 0 Å². The van der Waals surface area contributed by atoms with Gasteiger partial charge in [-0.25, -0.2) is 0 Å². The quantitative estimate of drug-likeness (QED) is 0.595. The van der Waals surface area contributed by atoms with Crippen LogP contribution in [-0.2, 0) is 33.8 Å². The summed E-state index contributed by atoms with van der Waals surface area (Å²) in [6.07, 6.45) is 1.35. The summed E-state index contributed by atoms with van der Waals surface area (Å²) in [5, 5.41) is 18.2. The fraction of sp³-hybridized carbons (Fsp3) is 0.500. The minimum atomic E-state index is -1.02. The molecule has 7 nitrogen and oxygen atoms in total. The number of hydrogen-bond acceptors (Lipinski definition) is 6. The van der Waals surface area contributed by atoms with Crippen LogP contribution in [0.1, 0.15) is 51.9 Å². The van der Waals surface area contributed by atoms with E-state index >= 15 is 0 Å². The van der Waals surface area contributed by atoms with E-state index in [9.17, 15) is 19.5 Å². The van der Waals surface area contributed by atoms with Crippen molar-refractivity contribution in [1.82, 2.24) is 0 Å². The van der Waals surface area contributed by atoms with Crippen molar-refractivity contribution in [3.05, 3.63) is 33.9 Å². The van der Waals surface area contributed by atoms with Gasteiger partial charge in [-0.2, -0.15) is 0 Å². The highest BCUT2D eigenvalue weighted by Gasteiger charge is 2.25. The van der Waals surface area contributed by atoms with Gasteiger partial charge in [-0.05, 0) is 42.0 Å². The molecule has 0 amide bonds. The van der Waals surface area contributed by atoms with Crippen molar-refractivity contribution in [2.75, 3.05) is 6.61 Å². The van der Waals surface area contributed by atoms with E-state index in [4.69, 9.17) is 15.6 Å². The third-order valence-corrected chi connectivity index (χ3v) is 4.52. The number of carboxylic acid groups (broad SMARTS) is 1. The largest absolute Gasteiger partial charge is 0.481 e. The second kappa shape index (κ2) is 8.22. The number of aliphatic hydroxyl groups excluding tert-OH is 1. The number of fused-ring (bicyclic) bond motifs is 1. The van der Waals surface area contributed by atoms with Crippen LogP contribution < -0.4 is 5.73 Å². The molecule has 1 aromatic rings. The van der Waals surface area contributed by atoms with Gasteiger partial charge in [0.15, 0.2) is 5.78 Å². The van der Waals surface area contributed by atoms with Crippen molar-refractivity contribution >= 4 is 17.7 Å². The molecule has 0 saturated heterocycles. The molecule has 1 aliphatic carbocycles. The van der Waals surface area contributed by atoms with Crippen LogP contribution in [-0.4, -0.2) is 40.6 Å². The molecule has 1 aromatic carbocycles. The summed E-state index contributed by atoms with van der Waals surface area (Å²) < 4.78 is 5.12. The van der Waals surface area contributed by atoms with E-state index in [1.54, 1.807) is 0 Å². The Balaban J connectivity index is 2.01. The molecule has 136 valence electrons. The minimum absolute atomic E-state index is 0.0163. The molecule has 0 unspecified atom stereocenters. The smallest absolute Gasteiger partial charge is 0.322 e. The summed E-state index contributed by atoms with van der Waals surface area (Å²) in [7, 11) is 0. The molecular formula is C18H23NO6. The zero-order valence-corrected chi connectivity index (χ0v) is 14.2. The monoisotopic (exact) mass is 349 g/mol. The SMILES string of the molecule is Cc1c(CCOC(=O)[C@@H](N)CCC(=O)O)c(CO)cc2c1C(=O)CC2. The summed E-state index contributed by atoms with van der Waals surface area (Å²) >= 11 is 0. The highest BCUT2D eigenvalue weighted by atomic mass is 16.5. The van der Waals surface area contributed by atoms with Crippen LogP contribution in [0.3, 0.4) is 0 Å². The maximum absolute atomic E-state index is 12.0. The van der Waals surface area contributed by atoms with Gasteiger partial charge in [0.05, 0.1) is 13.2 Å². The molecule has 0 aliphatic heterocycles. The lowest BCUT2D eigenvalue weighted by Crippen LogP contribution is -2.33. The van der Waals surface area contributed by atoms with Crippen LogP contribution in [0.5, 0.6) is 0 Å². The number of rotatable bonds is 8. The summed E-state index contributed by atoms with van der Waals surface area (Å²) in [4.78, 5) is 34.3. The maximum atomic E-state index is 12.0. The number of Topliss-reactive ketones (excluding diaryl/α,β-unsaturated/α-hetero) is 1. The van der Waals surface area contributed by atoms with E-state index in [2.05, 4.69) is 0 Å². The van der Waals surface area contributed by atoms with Crippen LogP contribution in [0.25, 0.3) is 0 Å². The first kappa shape index (κ1) is 19.1. The number of benzene rings is 1. The van der Waals surface area contributed by atoms with Crippen molar-refractivity contribution in [3.8, 4) is 0 Å². The van der Waals surface area contributed by atoms with Crippen molar-refractivity contribution in [1.29, 1.82) is 0 Å². The second-order valence-electron chi connectivity index (χ2n) is 6.21. The van der Waals surface area contributed by atoms with Crippen LogP contribution in [0.4, 0.5) is 0 Å². The lowest BCUT2D eigenvalue weighted by molar-refractivity contribution is -0.145. The van der Waals surface area contributed by atoms with E-state index in [0.29, 0.717) is 19.3 Å². The number of carboxylic acids is 1. The van der Waals surface area contributed by atoms with Crippen molar-refractivity contribution in [2.45, 2.75) is 51.7 Å². The molecule has 0 heterocycles. The zero-order valence-electron chi connectivity index (χ0n) is 14.2. The number of aliphatic hydroxyl groups is 1. The van der Waals surface area contributed by atoms with E-state index in [-0.39, 0.29) is 31.8 Å². The van der Waals surface area contributed by atoms with Gasteiger partial charge in [0.2, 0.25) is 0 Å². The summed E-state index contributed by atoms with van der Waals surface area (Å²) in [6, 6.07) is 0.874. The predicted octanol–water partition coefficient (Wildman–Crippen LogP) is 0.894. The van der Waals surface area contributed by atoms with Crippen molar-refractivity contribution in [3.63, 3.8) is 0 Å². The van der Waals surface area contributed by atoms with Crippen molar-refractivity contribution in [2.24, 2.45) is 5.73 Å². The molecule has 1 aliphatic rings. The molecule has 0 aromatic heterocycles. The predicted molar refractivity (Wildman–Crippen MR) is 89.3 cm³/mol. The standard InChI is InChI=1S/C18H23NO6/c1-10-13(6-7-25-18(24)14(19)3-5-16(22)23)12(9-20)8-11-2-4-15(21)17(10)11/h8,14,20H,2-7,9,19H2,1H3,(H,22,23)/t14-/m0/s1. The van der Waals surface area contributed by atoms with Gasteiger partial charge in [-0.3, -0.25) is 14.4 Å². The zero-order chi connectivity index (χ0) is 18.6. The number of nitrogens with two attached hydrogens (primary N) is 1. The Morgan fingerprint density at radius 1 is 1.36 bits per heavy atom. The first-order chi connectivity index (χ1) is 11.8. The van der Waals surface area contributed by atoms with E-state index < -0.39 is 18.0 Å². The van der Waals surface area contributed by atoms with E-state index in [1.807, 2.05) is 13.0 Å². The van der Waals surface area contributed by atoms with Gasteiger partial charge < -0.3 is 20.7 Å². The maximum Gasteiger partial charge on any atom is 0.322 e. The molecule has 0 bridgehead atoms. The average Bonchev–Trinajstić information content (AvgIpc) is 2.95. The molecule has 0 spiro atoms. The Bertz CT molecular complexity index is 697. The van der Waals surface area contributed by atoms with Gasteiger partial charge in [-0.1, -0.05) is 6.07 Å². The Hall–Kier alpha value is -2.25. The highest BCUT2D eigenvalue weighted by Crippen LogP contribution is 2.30. The molecule has 0 radical (unpaired) electrons. The number of aliphatic carboxylic acids is 1. The normalized spacial score (nSPS) is 14.3. The van der Waals surface area contributed by atoms with Gasteiger partial charge >= 0.3 is 11.9 Å². The highest BCUT2D eigenvalue weighted by molar-refractivity contribution is 6.02. The second-order valence-corrected chi connectivity index (χ2v) is 6.21. The Morgan fingerprint density at radius 2 is 2.08 bits per heavy atom. The summed E-state index contributed by atoms with van der Waals surface area (Å²) in [5.41, 5.74) is 9.65. The number of ketones is 1. The van der Waals surface area contributed by atoms with Crippen LogP contribution in [0.15, 0.2) is 6.07 Å². The first-order valence-electron chi connectivity index (χ1n) is 8.27. The third-order valence-electron chi connectivity index (χ3n) is 4.52. The first-order valence-corrected chi connectivity index (χ1v) is 8.27. The lowest BCUT2D eigenvalue weighted by atomic mass is 9.92. The van der Waals surface area contributed by atoms with Crippen molar-refractivity contribution < 1.29 is 29.3 Å². The molecular weight excluding hydrogens is 326 g/mol. The number of aryl methyl sites for hydroxylation is 1. The van der Waals surface area contributed by atoms with E-state index in [0.717, 1.165) is 27.8 Å². The number of ether oxygens (including phenoxy) is 1. The summed E-state index contributed by atoms with van der Waals surface area (Å²) in [6.45, 7) is 1.75. The van der Waals surface area contributed by atoms with Gasteiger partial charge in [0.1, 0.15) is 6.04 Å². The van der Waals surface area contributed by atoms with Crippen LogP contribution in [0, 0.1) is 6.92 Å². The summed E-state index contributed by atoms with van der Waals surface area (Å²) in [5.74, 6) is -1.57.